The minimum absolute atomic E-state index is 0.188. The number of fused-ring (bicyclic) bond motifs is 3. The number of ether oxygens (including phenoxy) is 1. The first-order valence-corrected chi connectivity index (χ1v) is 7.05. The van der Waals surface area contributed by atoms with Gasteiger partial charge in [-0.15, -0.1) is 0 Å². The topological polar surface area (TPSA) is 26.3 Å². The molecule has 3 aliphatic rings. The summed E-state index contributed by atoms with van der Waals surface area (Å²) in [5.74, 6) is 2.14. The van der Waals surface area contributed by atoms with Crippen molar-refractivity contribution >= 4 is 5.78 Å². The zero-order valence-electron chi connectivity index (χ0n) is 10.5. The molecule has 0 N–H and O–H groups in total. The lowest BCUT2D eigenvalue weighted by atomic mass is 9.92. The van der Waals surface area contributed by atoms with E-state index < -0.39 is 0 Å². The third-order valence-electron chi connectivity index (χ3n) is 4.99. The molecule has 2 nitrogen and oxygen atoms in total. The summed E-state index contributed by atoms with van der Waals surface area (Å²) < 4.78 is 5.36. The minimum Gasteiger partial charge on any atom is -0.381 e. The van der Waals surface area contributed by atoms with Crippen LogP contribution in [-0.4, -0.2) is 19.0 Å². The second-order valence-corrected chi connectivity index (χ2v) is 5.92. The average molecular weight is 242 g/mol. The van der Waals surface area contributed by atoms with Crippen LogP contribution in [0, 0.1) is 17.8 Å². The molecule has 1 aliphatic heterocycles. The van der Waals surface area contributed by atoms with Crippen molar-refractivity contribution in [3.63, 3.8) is 0 Å². The van der Waals surface area contributed by atoms with E-state index in [4.69, 9.17) is 4.74 Å². The largest absolute Gasteiger partial charge is 0.381 e. The van der Waals surface area contributed by atoms with E-state index in [1.807, 2.05) is 0 Å². The minimum atomic E-state index is 0.188. The average Bonchev–Trinajstić information content (AvgIpc) is 2.89. The predicted octanol–water partition coefficient (Wildman–Crippen LogP) is 2.57. The van der Waals surface area contributed by atoms with Crippen LogP contribution < -0.4 is 0 Å². The molecule has 0 aromatic heterocycles. The van der Waals surface area contributed by atoms with E-state index in [1.165, 1.54) is 17.5 Å². The van der Waals surface area contributed by atoms with E-state index >= 15 is 0 Å². The lowest BCUT2D eigenvalue weighted by Gasteiger charge is -2.13. The first-order chi connectivity index (χ1) is 8.86. The van der Waals surface area contributed by atoms with Crippen LogP contribution in [0.1, 0.15) is 29.9 Å². The molecule has 0 bridgehead atoms. The van der Waals surface area contributed by atoms with Crippen LogP contribution in [0.4, 0.5) is 0 Å². The normalized spacial score (nSPS) is 36.9. The van der Waals surface area contributed by atoms with E-state index in [0.29, 0.717) is 30.1 Å². The molecule has 18 heavy (non-hydrogen) atoms. The lowest BCUT2D eigenvalue weighted by molar-refractivity contribution is -0.124. The molecule has 2 heteroatoms. The van der Waals surface area contributed by atoms with Gasteiger partial charge in [-0.05, 0) is 42.2 Å². The highest BCUT2D eigenvalue weighted by molar-refractivity contribution is 5.88. The van der Waals surface area contributed by atoms with Crippen LogP contribution in [0.2, 0.25) is 0 Å². The van der Waals surface area contributed by atoms with Crippen molar-refractivity contribution < 1.29 is 9.53 Å². The fourth-order valence-electron chi connectivity index (χ4n) is 3.99. The Balaban J connectivity index is 1.59. The number of ketones is 1. The third-order valence-corrected chi connectivity index (χ3v) is 4.99. The smallest absolute Gasteiger partial charge is 0.142 e. The van der Waals surface area contributed by atoms with Gasteiger partial charge < -0.3 is 4.74 Å². The molecule has 2 aliphatic carbocycles. The van der Waals surface area contributed by atoms with Crippen LogP contribution >= 0.6 is 0 Å². The molecule has 0 amide bonds. The van der Waals surface area contributed by atoms with Gasteiger partial charge in [0.15, 0.2) is 0 Å². The molecular weight excluding hydrogens is 224 g/mol. The molecule has 0 spiro atoms. The zero-order valence-corrected chi connectivity index (χ0v) is 10.5. The molecular formula is C16H18O2. The van der Waals surface area contributed by atoms with Crippen molar-refractivity contribution in [1.29, 1.82) is 0 Å². The van der Waals surface area contributed by atoms with Gasteiger partial charge >= 0.3 is 0 Å². The van der Waals surface area contributed by atoms with Crippen LogP contribution in [0.15, 0.2) is 24.3 Å². The highest BCUT2D eigenvalue weighted by Gasteiger charge is 2.57. The first kappa shape index (κ1) is 10.7. The Kier molecular flexibility index (Phi) is 2.34. The monoisotopic (exact) mass is 242 g/mol. The summed E-state index contributed by atoms with van der Waals surface area (Å²) in [5, 5.41) is 0. The molecule has 1 saturated heterocycles. The Morgan fingerprint density at radius 2 is 2.11 bits per heavy atom. The summed E-state index contributed by atoms with van der Waals surface area (Å²) in [5.41, 5.74) is 2.92. The van der Waals surface area contributed by atoms with Crippen molar-refractivity contribution in [3.8, 4) is 0 Å². The summed E-state index contributed by atoms with van der Waals surface area (Å²) >= 11 is 0. The summed E-state index contributed by atoms with van der Waals surface area (Å²) in [6.45, 7) is 1.44. The van der Waals surface area contributed by atoms with Gasteiger partial charge in [-0.1, -0.05) is 24.3 Å². The molecule has 1 saturated carbocycles. The highest BCUT2D eigenvalue weighted by atomic mass is 16.5. The number of Topliss-reactive ketones (excluding diaryl/α,β-unsaturated/α-hetero) is 1. The van der Waals surface area contributed by atoms with Gasteiger partial charge in [0, 0.05) is 18.4 Å². The van der Waals surface area contributed by atoms with Crippen molar-refractivity contribution in [1.82, 2.24) is 0 Å². The Bertz CT molecular complexity index is 488. The number of hydrogen-bond donors (Lipinski definition) is 0. The Morgan fingerprint density at radius 3 is 2.94 bits per heavy atom. The maximum absolute atomic E-state index is 12.5. The van der Waals surface area contributed by atoms with Gasteiger partial charge in [-0.3, -0.25) is 4.79 Å². The summed E-state index contributed by atoms with van der Waals surface area (Å²) in [6.07, 6.45) is 3.30. The molecule has 4 unspecified atom stereocenters. The Hall–Kier alpha value is -1.15. The quantitative estimate of drug-likeness (QED) is 0.796. The number of hydrogen-bond acceptors (Lipinski definition) is 2. The SMILES string of the molecule is O=C(C1CCOC1)C1C2CCc3ccccc3C21. The molecule has 1 aromatic carbocycles. The third kappa shape index (κ3) is 1.48. The first-order valence-electron chi connectivity index (χ1n) is 7.05. The molecule has 4 rings (SSSR count). The molecule has 94 valence electrons. The van der Waals surface area contributed by atoms with Gasteiger partial charge in [0.1, 0.15) is 5.78 Å². The summed E-state index contributed by atoms with van der Waals surface area (Å²) in [6, 6.07) is 8.68. The number of carbonyl (C=O) groups is 1. The second-order valence-electron chi connectivity index (χ2n) is 5.92. The maximum atomic E-state index is 12.5. The van der Waals surface area contributed by atoms with E-state index in [2.05, 4.69) is 24.3 Å². The van der Waals surface area contributed by atoms with Crippen LogP contribution in [0.3, 0.4) is 0 Å². The van der Waals surface area contributed by atoms with Gasteiger partial charge in [0.25, 0.3) is 0 Å². The van der Waals surface area contributed by atoms with Crippen molar-refractivity contribution in [2.45, 2.75) is 25.2 Å². The van der Waals surface area contributed by atoms with Gasteiger partial charge in [-0.2, -0.15) is 0 Å². The van der Waals surface area contributed by atoms with Crippen molar-refractivity contribution in [2.24, 2.45) is 17.8 Å². The molecule has 2 fully saturated rings. The van der Waals surface area contributed by atoms with E-state index in [1.54, 1.807) is 0 Å². The number of rotatable bonds is 2. The van der Waals surface area contributed by atoms with Crippen LogP contribution in [0.25, 0.3) is 0 Å². The van der Waals surface area contributed by atoms with E-state index in [0.717, 1.165) is 19.4 Å². The predicted molar refractivity (Wildman–Crippen MR) is 68.4 cm³/mol. The summed E-state index contributed by atoms with van der Waals surface area (Å²) in [4.78, 5) is 12.5. The molecule has 0 radical (unpaired) electrons. The highest BCUT2D eigenvalue weighted by Crippen LogP contribution is 2.61. The summed E-state index contributed by atoms with van der Waals surface area (Å²) in [7, 11) is 0. The Morgan fingerprint density at radius 1 is 1.22 bits per heavy atom. The molecule has 1 heterocycles. The van der Waals surface area contributed by atoms with Crippen LogP contribution in [0.5, 0.6) is 0 Å². The Labute approximate surface area is 107 Å². The van der Waals surface area contributed by atoms with E-state index in [9.17, 15) is 4.79 Å². The number of benzene rings is 1. The van der Waals surface area contributed by atoms with Gasteiger partial charge in [0.05, 0.1) is 6.61 Å². The fraction of sp³-hybridized carbons (Fsp3) is 0.562. The van der Waals surface area contributed by atoms with Crippen molar-refractivity contribution in [3.05, 3.63) is 35.4 Å². The number of carbonyl (C=O) groups excluding carboxylic acids is 1. The van der Waals surface area contributed by atoms with Gasteiger partial charge in [0.2, 0.25) is 0 Å². The standard InChI is InChI=1S/C16H18O2/c17-16(11-7-8-18-9-11)15-13-6-5-10-3-1-2-4-12(10)14(13)15/h1-4,11,13-15H,5-9H2. The van der Waals surface area contributed by atoms with E-state index in [-0.39, 0.29) is 5.92 Å². The zero-order chi connectivity index (χ0) is 12.1. The lowest BCUT2D eigenvalue weighted by Crippen LogP contribution is -2.17. The number of aryl methyl sites for hydroxylation is 1. The second kappa shape index (κ2) is 3.92. The molecule has 4 atom stereocenters. The van der Waals surface area contributed by atoms with Crippen molar-refractivity contribution in [2.75, 3.05) is 13.2 Å². The fourth-order valence-corrected chi connectivity index (χ4v) is 3.99. The molecule has 1 aromatic rings. The van der Waals surface area contributed by atoms with Gasteiger partial charge in [-0.25, -0.2) is 0 Å². The maximum Gasteiger partial charge on any atom is 0.142 e. The van der Waals surface area contributed by atoms with Crippen LogP contribution in [-0.2, 0) is 16.0 Å².